The van der Waals surface area contributed by atoms with Gasteiger partial charge >= 0.3 is 0 Å². The van der Waals surface area contributed by atoms with Crippen molar-refractivity contribution in [3.8, 4) is 0 Å². The van der Waals surface area contributed by atoms with E-state index in [9.17, 15) is 0 Å². The van der Waals surface area contributed by atoms with Crippen LogP contribution >= 0.6 is 0 Å². The quantitative estimate of drug-likeness (QED) is 0.669. The van der Waals surface area contributed by atoms with Gasteiger partial charge in [-0.05, 0) is 24.0 Å². The summed E-state index contributed by atoms with van der Waals surface area (Å²) in [5.74, 6) is 0. The van der Waals surface area contributed by atoms with E-state index in [0.717, 1.165) is 19.3 Å². The molecule has 0 atom stereocenters. The minimum Gasteiger partial charge on any atom is -0.270 e. The predicted octanol–water partition coefficient (Wildman–Crippen LogP) is 5.17. The van der Waals surface area contributed by atoms with E-state index in [1.54, 1.807) is 0 Å². The fraction of sp³-hybridized carbons (Fsp3) is 0.200. The Balaban J connectivity index is 0.000000267. The standard InChI is InChI=1S/C14H14.C6H7.Zr/c1-3-7-13(8-4-1)11-12-14-9-5-2-6-10-14;1-6-4-2-3-5-6;/h1-10H,11-12H2;2,4H,3H2,1H3;/q;-1;. The van der Waals surface area contributed by atoms with Gasteiger partial charge in [0.25, 0.3) is 0 Å². The Kier molecular flexibility index (Phi) is 8.94. The number of rotatable bonds is 3. The zero-order chi connectivity index (χ0) is 14.0. The van der Waals surface area contributed by atoms with Gasteiger partial charge in [0, 0.05) is 26.2 Å². The van der Waals surface area contributed by atoms with Crippen molar-refractivity contribution >= 4 is 0 Å². The number of hydrogen-bond acceptors (Lipinski definition) is 0. The maximum Gasteiger partial charge on any atom is 0 e. The van der Waals surface area contributed by atoms with Gasteiger partial charge in [-0.2, -0.15) is 6.08 Å². The SMILES string of the molecule is CC1=[C-]CC=C1.[Zr].c1ccc(CCc2ccccc2)cc1. The van der Waals surface area contributed by atoms with Crippen LogP contribution in [-0.2, 0) is 39.0 Å². The van der Waals surface area contributed by atoms with Crippen LogP contribution in [0.1, 0.15) is 24.5 Å². The summed E-state index contributed by atoms with van der Waals surface area (Å²) in [6.07, 6.45) is 10.6. The zero-order valence-electron chi connectivity index (χ0n) is 12.5. The smallest absolute Gasteiger partial charge is 0 e. The molecule has 0 amide bonds. The first-order valence-corrected chi connectivity index (χ1v) is 7.16. The van der Waals surface area contributed by atoms with E-state index in [1.807, 2.05) is 0 Å². The molecule has 0 bridgehead atoms. The number of allylic oxidation sites excluding steroid dienone is 4. The average molecular weight is 353 g/mol. The molecule has 0 radical (unpaired) electrons. The average Bonchev–Trinajstić information content (AvgIpc) is 2.99. The summed E-state index contributed by atoms with van der Waals surface area (Å²) in [6, 6.07) is 21.2. The second-order valence-electron chi connectivity index (χ2n) is 4.94. The van der Waals surface area contributed by atoms with Crippen molar-refractivity contribution in [2.45, 2.75) is 26.2 Å². The van der Waals surface area contributed by atoms with Crippen LogP contribution < -0.4 is 0 Å². The molecule has 0 spiro atoms. The molecule has 0 saturated carbocycles. The molecular formula is C20H21Zr-. The van der Waals surface area contributed by atoms with Gasteiger partial charge in [-0.1, -0.05) is 67.6 Å². The Labute approximate surface area is 147 Å². The summed E-state index contributed by atoms with van der Waals surface area (Å²) >= 11 is 0. The van der Waals surface area contributed by atoms with Gasteiger partial charge in [-0.25, -0.2) is 11.6 Å². The van der Waals surface area contributed by atoms with Gasteiger partial charge in [0.15, 0.2) is 0 Å². The van der Waals surface area contributed by atoms with Crippen LogP contribution in [0.3, 0.4) is 0 Å². The number of aryl methyl sites for hydroxylation is 2. The fourth-order valence-corrected chi connectivity index (χ4v) is 2.09. The molecule has 0 unspecified atom stereocenters. The number of hydrogen-bond donors (Lipinski definition) is 0. The molecule has 1 heteroatoms. The van der Waals surface area contributed by atoms with Crippen LogP contribution in [0.2, 0.25) is 0 Å². The maximum absolute atomic E-state index is 3.12. The van der Waals surface area contributed by atoms with Crippen LogP contribution in [0.5, 0.6) is 0 Å². The van der Waals surface area contributed by atoms with Crippen molar-refractivity contribution in [2.75, 3.05) is 0 Å². The third kappa shape index (κ3) is 7.39. The van der Waals surface area contributed by atoms with Crippen molar-refractivity contribution in [1.82, 2.24) is 0 Å². The molecular weight excluding hydrogens is 331 g/mol. The van der Waals surface area contributed by atoms with Gasteiger partial charge < -0.3 is 0 Å². The minimum absolute atomic E-state index is 0. The summed E-state index contributed by atoms with van der Waals surface area (Å²) in [7, 11) is 0. The minimum atomic E-state index is 0. The van der Waals surface area contributed by atoms with Crippen LogP contribution in [0.25, 0.3) is 0 Å². The molecule has 1 aliphatic carbocycles. The summed E-state index contributed by atoms with van der Waals surface area (Å²) < 4.78 is 0. The molecule has 0 fully saturated rings. The molecule has 0 nitrogen and oxygen atoms in total. The Bertz CT molecular complexity index is 511. The molecule has 21 heavy (non-hydrogen) atoms. The van der Waals surface area contributed by atoms with Crippen molar-refractivity contribution in [3.05, 3.63) is 95.6 Å². The third-order valence-corrected chi connectivity index (χ3v) is 3.25. The Morgan fingerprint density at radius 3 is 1.57 bits per heavy atom. The first kappa shape index (κ1) is 17.9. The molecule has 0 heterocycles. The largest absolute Gasteiger partial charge is 0.270 e. The van der Waals surface area contributed by atoms with Crippen LogP contribution in [-0.4, -0.2) is 0 Å². The second-order valence-corrected chi connectivity index (χ2v) is 4.94. The maximum atomic E-state index is 3.12. The van der Waals surface area contributed by atoms with Gasteiger partial charge in [0.05, 0.1) is 0 Å². The number of benzene rings is 2. The predicted molar refractivity (Wildman–Crippen MR) is 86.5 cm³/mol. The summed E-state index contributed by atoms with van der Waals surface area (Å²) in [5.41, 5.74) is 4.10. The van der Waals surface area contributed by atoms with Gasteiger partial charge in [0.1, 0.15) is 0 Å². The van der Waals surface area contributed by atoms with Crippen molar-refractivity contribution in [2.24, 2.45) is 0 Å². The second kappa shape index (κ2) is 10.5. The monoisotopic (exact) mass is 351 g/mol. The van der Waals surface area contributed by atoms with Gasteiger partial charge in [0.2, 0.25) is 0 Å². The van der Waals surface area contributed by atoms with Gasteiger partial charge in [-0.3, -0.25) is 6.08 Å². The normalized spacial score (nSPS) is 12.0. The van der Waals surface area contributed by atoms with E-state index in [1.165, 1.54) is 16.7 Å². The van der Waals surface area contributed by atoms with E-state index in [4.69, 9.17) is 0 Å². The third-order valence-electron chi connectivity index (χ3n) is 3.25. The van der Waals surface area contributed by atoms with Crippen LogP contribution in [0.4, 0.5) is 0 Å². The van der Waals surface area contributed by atoms with Crippen LogP contribution in [0.15, 0.2) is 78.4 Å². The van der Waals surface area contributed by atoms with E-state index in [2.05, 4.69) is 85.8 Å². The summed E-state index contributed by atoms with van der Waals surface area (Å²) in [6.45, 7) is 2.06. The topological polar surface area (TPSA) is 0 Å². The summed E-state index contributed by atoms with van der Waals surface area (Å²) in [4.78, 5) is 0. The van der Waals surface area contributed by atoms with E-state index >= 15 is 0 Å². The van der Waals surface area contributed by atoms with Crippen molar-refractivity contribution < 1.29 is 26.2 Å². The fourth-order valence-electron chi connectivity index (χ4n) is 2.09. The molecule has 106 valence electrons. The molecule has 2 aromatic carbocycles. The molecule has 0 N–H and O–H groups in total. The van der Waals surface area contributed by atoms with E-state index in [-0.39, 0.29) is 26.2 Å². The Morgan fingerprint density at radius 1 is 0.810 bits per heavy atom. The van der Waals surface area contributed by atoms with Crippen molar-refractivity contribution in [1.29, 1.82) is 0 Å². The molecule has 1 aliphatic rings. The molecule has 0 saturated heterocycles. The Hall–Kier alpha value is -1.20. The first-order chi connectivity index (χ1) is 9.84. The Morgan fingerprint density at radius 2 is 1.29 bits per heavy atom. The van der Waals surface area contributed by atoms with E-state index < -0.39 is 0 Å². The zero-order valence-corrected chi connectivity index (χ0v) is 15.0. The van der Waals surface area contributed by atoms with Gasteiger partial charge in [-0.15, -0.1) is 6.42 Å². The van der Waals surface area contributed by atoms with E-state index in [0.29, 0.717) is 0 Å². The molecule has 0 aromatic heterocycles. The molecule has 0 aliphatic heterocycles. The first-order valence-electron chi connectivity index (χ1n) is 7.16. The molecule has 3 rings (SSSR count). The summed E-state index contributed by atoms with van der Waals surface area (Å²) in [5, 5.41) is 0. The van der Waals surface area contributed by atoms with Crippen molar-refractivity contribution in [3.63, 3.8) is 0 Å². The van der Waals surface area contributed by atoms with Crippen LogP contribution in [0, 0.1) is 6.08 Å². The molecule has 2 aromatic rings.